The molecule has 0 fully saturated rings. The van der Waals surface area contributed by atoms with Crippen LogP contribution in [0.25, 0.3) is 0 Å². The van der Waals surface area contributed by atoms with Gasteiger partial charge in [0.1, 0.15) is 17.9 Å². The molecular formula is C16H24N2O. The van der Waals surface area contributed by atoms with Crippen molar-refractivity contribution in [2.75, 3.05) is 13.2 Å². The molecule has 19 heavy (non-hydrogen) atoms. The molecule has 0 aliphatic heterocycles. The minimum atomic E-state index is -0.640. The van der Waals surface area contributed by atoms with Gasteiger partial charge in [-0.1, -0.05) is 19.1 Å². The van der Waals surface area contributed by atoms with E-state index >= 15 is 0 Å². The lowest BCUT2D eigenvalue weighted by Gasteiger charge is -2.24. The lowest BCUT2D eigenvalue weighted by molar-refractivity contribution is 0.232. The minimum Gasteiger partial charge on any atom is -0.490 e. The molecule has 0 aromatic heterocycles. The summed E-state index contributed by atoms with van der Waals surface area (Å²) in [4.78, 5) is 0. The molecule has 0 spiro atoms. The van der Waals surface area contributed by atoms with Gasteiger partial charge in [-0.25, -0.2) is 0 Å². The molecule has 1 rings (SSSR count). The van der Waals surface area contributed by atoms with Crippen LogP contribution in [0.4, 0.5) is 0 Å². The number of ether oxygens (including phenoxy) is 1. The smallest absolute Gasteiger partial charge is 0.138 e. The van der Waals surface area contributed by atoms with Crippen LogP contribution in [-0.4, -0.2) is 18.7 Å². The number of nitriles is 1. The van der Waals surface area contributed by atoms with E-state index in [4.69, 9.17) is 4.74 Å². The Bertz CT molecular complexity index is 476. The Kier molecular flexibility index (Phi) is 5.38. The van der Waals surface area contributed by atoms with Gasteiger partial charge in [0.25, 0.3) is 0 Å². The first-order valence-corrected chi connectivity index (χ1v) is 6.79. The monoisotopic (exact) mass is 260 g/mol. The molecule has 1 unspecified atom stereocenters. The number of nitrogens with one attached hydrogen (secondary N) is 1. The van der Waals surface area contributed by atoms with Crippen molar-refractivity contribution in [3.8, 4) is 11.8 Å². The maximum atomic E-state index is 9.29. The maximum Gasteiger partial charge on any atom is 0.138 e. The lowest BCUT2D eigenvalue weighted by Crippen LogP contribution is -2.46. The van der Waals surface area contributed by atoms with E-state index in [1.54, 1.807) is 0 Å². The van der Waals surface area contributed by atoms with E-state index in [1.165, 1.54) is 5.56 Å². The Labute approximate surface area is 116 Å². The molecule has 0 bridgehead atoms. The third-order valence-corrected chi connectivity index (χ3v) is 3.39. The molecule has 0 heterocycles. The third kappa shape index (κ3) is 3.97. The highest BCUT2D eigenvalue weighted by Crippen LogP contribution is 2.26. The van der Waals surface area contributed by atoms with Crippen LogP contribution in [0.3, 0.4) is 0 Å². The van der Waals surface area contributed by atoms with Gasteiger partial charge in [0, 0.05) is 0 Å². The number of benzene rings is 1. The molecular weight excluding hydrogens is 236 g/mol. The standard InChI is InChI=1S/C16H24N2O/c1-6-9-18-16(5,10-17)11-19-15-13(3)8-7-12(2)14(15)4/h7-8,18H,6,9,11H2,1-5H3. The van der Waals surface area contributed by atoms with Gasteiger partial charge in [-0.2, -0.15) is 5.26 Å². The molecule has 104 valence electrons. The molecule has 0 saturated heterocycles. The fraction of sp³-hybridized carbons (Fsp3) is 0.562. The van der Waals surface area contributed by atoms with E-state index in [1.807, 2.05) is 13.8 Å². The van der Waals surface area contributed by atoms with Crippen LogP contribution in [0, 0.1) is 32.1 Å². The Hall–Kier alpha value is -1.53. The van der Waals surface area contributed by atoms with Crippen LogP contribution in [0.2, 0.25) is 0 Å². The predicted octanol–water partition coefficient (Wildman–Crippen LogP) is 3.27. The Morgan fingerprint density at radius 1 is 1.26 bits per heavy atom. The molecule has 3 nitrogen and oxygen atoms in total. The van der Waals surface area contributed by atoms with Crippen LogP contribution in [0.15, 0.2) is 12.1 Å². The van der Waals surface area contributed by atoms with Crippen molar-refractivity contribution >= 4 is 0 Å². The molecule has 0 saturated carbocycles. The zero-order valence-corrected chi connectivity index (χ0v) is 12.6. The molecule has 0 radical (unpaired) electrons. The highest BCUT2D eigenvalue weighted by atomic mass is 16.5. The van der Waals surface area contributed by atoms with Crippen LogP contribution in [-0.2, 0) is 0 Å². The molecule has 0 aliphatic rings. The Balaban J connectivity index is 2.81. The topological polar surface area (TPSA) is 45.0 Å². The lowest BCUT2D eigenvalue weighted by atomic mass is 10.0. The van der Waals surface area contributed by atoms with Gasteiger partial charge in [-0.15, -0.1) is 0 Å². The minimum absolute atomic E-state index is 0.356. The van der Waals surface area contributed by atoms with Gasteiger partial charge >= 0.3 is 0 Å². The van der Waals surface area contributed by atoms with Gasteiger partial charge in [0.2, 0.25) is 0 Å². The van der Waals surface area contributed by atoms with Crippen LogP contribution in [0.1, 0.15) is 37.0 Å². The van der Waals surface area contributed by atoms with E-state index in [0.29, 0.717) is 6.61 Å². The average Bonchev–Trinajstić information content (AvgIpc) is 2.41. The van der Waals surface area contributed by atoms with Crippen molar-refractivity contribution in [1.29, 1.82) is 5.26 Å². The third-order valence-electron chi connectivity index (χ3n) is 3.39. The number of rotatable bonds is 6. The molecule has 1 N–H and O–H groups in total. The summed E-state index contributed by atoms with van der Waals surface area (Å²) in [6.07, 6.45) is 1.000. The summed E-state index contributed by atoms with van der Waals surface area (Å²) >= 11 is 0. The van der Waals surface area contributed by atoms with Crippen molar-refractivity contribution in [1.82, 2.24) is 5.32 Å². The summed E-state index contributed by atoms with van der Waals surface area (Å²) in [5, 5.41) is 12.5. The SMILES string of the molecule is CCCNC(C)(C#N)COc1c(C)ccc(C)c1C. The number of hydrogen-bond acceptors (Lipinski definition) is 3. The van der Waals surface area contributed by atoms with E-state index in [0.717, 1.165) is 29.8 Å². The van der Waals surface area contributed by atoms with Crippen molar-refractivity contribution in [2.45, 2.75) is 46.6 Å². The second-order valence-corrected chi connectivity index (χ2v) is 5.31. The Morgan fingerprint density at radius 2 is 1.89 bits per heavy atom. The molecule has 3 heteroatoms. The molecule has 0 amide bonds. The van der Waals surface area contributed by atoms with Crippen LogP contribution < -0.4 is 10.1 Å². The van der Waals surface area contributed by atoms with Gasteiger partial charge in [0.15, 0.2) is 0 Å². The maximum absolute atomic E-state index is 9.29. The van der Waals surface area contributed by atoms with Gasteiger partial charge in [-0.05, 0) is 57.4 Å². The van der Waals surface area contributed by atoms with Crippen molar-refractivity contribution in [2.24, 2.45) is 0 Å². The molecule has 0 aliphatic carbocycles. The van der Waals surface area contributed by atoms with Gasteiger partial charge < -0.3 is 4.74 Å². The number of nitrogens with zero attached hydrogens (tertiary/aromatic N) is 1. The largest absolute Gasteiger partial charge is 0.490 e. The highest BCUT2D eigenvalue weighted by molar-refractivity contribution is 5.44. The zero-order valence-electron chi connectivity index (χ0n) is 12.6. The van der Waals surface area contributed by atoms with E-state index < -0.39 is 5.54 Å². The van der Waals surface area contributed by atoms with Crippen LogP contribution >= 0.6 is 0 Å². The normalized spacial score (nSPS) is 13.7. The molecule has 1 aromatic rings. The fourth-order valence-electron chi connectivity index (χ4n) is 1.89. The quantitative estimate of drug-likeness (QED) is 0.853. The molecule has 1 atom stereocenters. The average molecular weight is 260 g/mol. The zero-order chi connectivity index (χ0) is 14.5. The highest BCUT2D eigenvalue weighted by Gasteiger charge is 2.24. The number of hydrogen-bond donors (Lipinski definition) is 1. The van der Waals surface area contributed by atoms with E-state index in [-0.39, 0.29) is 0 Å². The first kappa shape index (κ1) is 15.5. The predicted molar refractivity (Wildman–Crippen MR) is 78.5 cm³/mol. The van der Waals surface area contributed by atoms with Gasteiger partial charge in [0.05, 0.1) is 6.07 Å². The molecule has 1 aromatic carbocycles. The van der Waals surface area contributed by atoms with E-state index in [9.17, 15) is 5.26 Å². The van der Waals surface area contributed by atoms with Crippen LogP contribution in [0.5, 0.6) is 5.75 Å². The first-order valence-electron chi connectivity index (χ1n) is 6.79. The summed E-state index contributed by atoms with van der Waals surface area (Å²) in [5.41, 5.74) is 2.83. The second kappa shape index (κ2) is 6.58. The second-order valence-electron chi connectivity index (χ2n) is 5.31. The van der Waals surface area contributed by atoms with Crippen molar-refractivity contribution in [3.63, 3.8) is 0 Å². The Morgan fingerprint density at radius 3 is 2.47 bits per heavy atom. The summed E-state index contributed by atoms with van der Waals surface area (Å²) in [6.45, 7) is 11.3. The fourth-order valence-corrected chi connectivity index (χ4v) is 1.89. The van der Waals surface area contributed by atoms with Crippen molar-refractivity contribution in [3.05, 3.63) is 28.8 Å². The summed E-state index contributed by atoms with van der Waals surface area (Å²) in [7, 11) is 0. The van der Waals surface area contributed by atoms with E-state index in [2.05, 4.69) is 44.3 Å². The summed E-state index contributed by atoms with van der Waals surface area (Å²) < 4.78 is 5.92. The van der Waals surface area contributed by atoms with Gasteiger partial charge in [-0.3, -0.25) is 5.32 Å². The van der Waals surface area contributed by atoms with Crippen molar-refractivity contribution < 1.29 is 4.74 Å². The first-order chi connectivity index (χ1) is 8.93. The summed E-state index contributed by atoms with van der Waals surface area (Å²) in [6, 6.07) is 6.45. The number of aryl methyl sites for hydroxylation is 2. The summed E-state index contributed by atoms with van der Waals surface area (Å²) in [5.74, 6) is 0.903.